The summed E-state index contributed by atoms with van der Waals surface area (Å²) in [7, 11) is -1.56. The van der Waals surface area contributed by atoms with Gasteiger partial charge in [0.15, 0.2) is 0 Å². The first-order valence-corrected chi connectivity index (χ1v) is 11.3. The molecule has 0 spiro atoms. The molecule has 2 aliphatic heterocycles. The van der Waals surface area contributed by atoms with Crippen molar-refractivity contribution in [1.82, 2.24) is 14.5 Å². The van der Waals surface area contributed by atoms with Gasteiger partial charge in [-0.05, 0) is 62.4 Å². The second kappa shape index (κ2) is 9.57. The summed E-state index contributed by atoms with van der Waals surface area (Å²) < 4.78 is 27.5. The second-order valence-electron chi connectivity index (χ2n) is 8.15. The molecule has 1 amide bonds. The van der Waals surface area contributed by atoms with Crippen molar-refractivity contribution in [2.75, 3.05) is 33.2 Å². The number of halogens is 1. The second-order valence-corrected chi connectivity index (χ2v) is 10.1. The summed E-state index contributed by atoms with van der Waals surface area (Å²) in [6.07, 6.45) is 2.95. The van der Waals surface area contributed by atoms with E-state index in [1.165, 1.54) is 0 Å². The van der Waals surface area contributed by atoms with Crippen LogP contribution in [0.4, 0.5) is 0 Å². The highest BCUT2D eigenvalue weighted by atomic mass is 35.5. The summed E-state index contributed by atoms with van der Waals surface area (Å²) in [6.45, 7) is 6.78. The molecule has 0 aromatic heterocycles. The number of amides is 1. The van der Waals surface area contributed by atoms with E-state index in [0.29, 0.717) is 36.5 Å². The van der Waals surface area contributed by atoms with E-state index < -0.39 is 10.0 Å². The standard InChI is InChI=1S/C20H31N3O3S.ClH/c1-15-12-16(2)14-23(13-15)27(25,26)19-6-4-17(5-7-19)20(24)22-10-8-18(21-3)9-11-22;/h4-7,15-16,18,21H,8-14H2,1-3H3;1H. The Morgan fingerprint density at radius 2 is 1.57 bits per heavy atom. The van der Waals surface area contributed by atoms with Crippen molar-refractivity contribution in [3.63, 3.8) is 0 Å². The highest BCUT2D eigenvalue weighted by Gasteiger charge is 2.32. The third-order valence-corrected chi connectivity index (χ3v) is 7.61. The van der Waals surface area contributed by atoms with Gasteiger partial charge in [-0.1, -0.05) is 13.8 Å². The van der Waals surface area contributed by atoms with Crippen LogP contribution < -0.4 is 5.32 Å². The van der Waals surface area contributed by atoms with Gasteiger partial charge in [-0.25, -0.2) is 8.42 Å². The molecule has 1 aromatic carbocycles. The molecular formula is C20H32ClN3O3S. The van der Waals surface area contributed by atoms with Crippen molar-refractivity contribution in [1.29, 1.82) is 0 Å². The third-order valence-electron chi connectivity index (χ3n) is 5.76. The number of benzene rings is 1. The Balaban J connectivity index is 0.00000280. The topological polar surface area (TPSA) is 69.7 Å². The summed E-state index contributed by atoms with van der Waals surface area (Å²) >= 11 is 0. The predicted octanol–water partition coefficient (Wildman–Crippen LogP) is 2.60. The number of hydrogen-bond acceptors (Lipinski definition) is 4. The molecule has 8 heteroatoms. The lowest BCUT2D eigenvalue weighted by atomic mass is 9.94. The van der Waals surface area contributed by atoms with Crippen LogP contribution in [0.2, 0.25) is 0 Å². The van der Waals surface area contributed by atoms with E-state index in [4.69, 9.17) is 0 Å². The molecule has 1 aromatic rings. The van der Waals surface area contributed by atoms with Crippen LogP contribution in [0.1, 0.15) is 43.5 Å². The van der Waals surface area contributed by atoms with Crippen molar-refractivity contribution < 1.29 is 13.2 Å². The molecule has 2 aliphatic rings. The van der Waals surface area contributed by atoms with Crippen molar-refractivity contribution >= 4 is 28.3 Å². The number of nitrogens with one attached hydrogen (secondary N) is 1. The van der Waals surface area contributed by atoms with Crippen molar-refractivity contribution in [2.45, 2.75) is 44.0 Å². The number of carbonyl (C=O) groups excluding carboxylic acids is 1. The Morgan fingerprint density at radius 3 is 2.07 bits per heavy atom. The summed E-state index contributed by atoms with van der Waals surface area (Å²) in [5, 5.41) is 3.26. The Hall–Kier alpha value is -1.15. The number of rotatable bonds is 4. The van der Waals surface area contributed by atoms with Gasteiger partial charge in [-0.2, -0.15) is 4.31 Å². The van der Waals surface area contributed by atoms with Gasteiger partial charge in [0.05, 0.1) is 4.90 Å². The SMILES string of the molecule is CNC1CCN(C(=O)c2ccc(S(=O)(=O)N3CC(C)CC(C)C3)cc2)CC1.Cl. The lowest BCUT2D eigenvalue weighted by molar-refractivity contribution is 0.0707. The molecule has 1 N–H and O–H groups in total. The minimum absolute atomic E-state index is 0. The molecule has 2 fully saturated rings. The first-order valence-electron chi connectivity index (χ1n) is 9.88. The largest absolute Gasteiger partial charge is 0.339 e. The van der Waals surface area contributed by atoms with Crippen LogP contribution in [0.15, 0.2) is 29.2 Å². The monoisotopic (exact) mass is 429 g/mol. The van der Waals surface area contributed by atoms with Gasteiger partial charge in [-0.15, -0.1) is 12.4 Å². The molecule has 2 atom stereocenters. The zero-order valence-electron chi connectivity index (χ0n) is 16.9. The fourth-order valence-corrected chi connectivity index (χ4v) is 5.95. The van der Waals surface area contributed by atoms with E-state index >= 15 is 0 Å². The Morgan fingerprint density at radius 1 is 1.04 bits per heavy atom. The van der Waals surface area contributed by atoms with Crippen LogP contribution in [0.3, 0.4) is 0 Å². The van der Waals surface area contributed by atoms with Crippen molar-refractivity contribution in [2.24, 2.45) is 11.8 Å². The number of piperidine rings is 2. The third kappa shape index (κ3) is 5.06. The molecule has 0 radical (unpaired) electrons. The fraction of sp³-hybridized carbons (Fsp3) is 0.650. The number of carbonyl (C=O) groups is 1. The maximum absolute atomic E-state index is 13.0. The predicted molar refractivity (Wildman–Crippen MR) is 113 cm³/mol. The van der Waals surface area contributed by atoms with Crippen LogP contribution in [-0.4, -0.2) is 62.8 Å². The van der Waals surface area contributed by atoms with Gasteiger partial charge >= 0.3 is 0 Å². The van der Waals surface area contributed by atoms with Gasteiger partial charge in [0.2, 0.25) is 10.0 Å². The molecule has 2 unspecified atom stereocenters. The normalized spacial score (nSPS) is 24.6. The zero-order chi connectivity index (χ0) is 19.6. The molecule has 0 bridgehead atoms. The maximum atomic E-state index is 13.0. The lowest BCUT2D eigenvalue weighted by Crippen LogP contribution is -2.44. The molecule has 2 heterocycles. The number of nitrogens with zero attached hydrogens (tertiary/aromatic N) is 2. The molecule has 0 aliphatic carbocycles. The van der Waals surface area contributed by atoms with E-state index in [-0.39, 0.29) is 23.2 Å². The average Bonchev–Trinajstić information content (AvgIpc) is 2.67. The van der Waals surface area contributed by atoms with Crippen LogP contribution in [0.5, 0.6) is 0 Å². The van der Waals surface area contributed by atoms with E-state index in [2.05, 4.69) is 19.2 Å². The van der Waals surface area contributed by atoms with Crippen LogP contribution in [-0.2, 0) is 10.0 Å². The first-order chi connectivity index (χ1) is 12.8. The van der Waals surface area contributed by atoms with Gasteiger partial charge in [0.1, 0.15) is 0 Å². The minimum Gasteiger partial charge on any atom is -0.339 e. The van der Waals surface area contributed by atoms with Crippen LogP contribution in [0.25, 0.3) is 0 Å². The smallest absolute Gasteiger partial charge is 0.253 e. The Labute approximate surface area is 175 Å². The van der Waals surface area contributed by atoms with Gasteiger partial charge in [0.25, 0.3) is 5.91 Å². The molecule has 158 valence electrons. The molecule has 2 saturated heterocycles. The Bertz CT molecular complexity index is 751. The molecular weight excluding hydrogens is 398 g/mol. The fourth-order valence-electron chi connectivity index (χ4n) is 4.27. The zero-order valence-corrected chi connectivity index (χ0v) is 18.6. The first kappa shape index (κ1) is 23.1. The van der Waals surface area contributed by atoms with Crippen molar-refractivity contribution in [3.8, 4) is 0 Å². The highest BCUT2D eigenvalue weighted by molar-refractivity contribution is 7.89. The molecule has 3 rings (SSSR count). The number of sulfonamides is 1. The minimum atomic E-state index is -3.51. The molecule has 0 saturated carbocycles. The number of likely N-dealkylation sites (tertiary alicyclic amines) is 1. The van der Waals surface area contributed by atoms with Gasteiger partial charge < -0.3 is 10.2 Å². The molecule has 6 nitrogen and oxygen atoms in total. The summed E-state index contributed by atoms with van der Waals surface area (Å²) in [4.78, 5) is 14.8. The Kier molecular flexibility index (Phi) is 7.90. The van der Waals surface area contributed by atoms with E-state index in [9.17, 15) is 13.2 Å². The molecule has 28 heavy (non-hydrogen) atoms. The van der Waals surface area contributed by atoms with Crippen molar-refractivity contribution in [3.05, 3.63) is 29.8 Å². The van der Waals surface area contributed by atoms with Gasteiger partial charge in [-0.3, -0.25) is 4.79 Å². The summed E-state index contributed by atoms with van der Waals surface area (Å²) in [5.74, 6) is 0.712. The van der Waals surface area contributed by atoms with Crippen LogP contribution in [0, 0.1) is 11.8 Å². The van der Waals surface area contributed by atoms with Crippen LogP contribution >= 0.6 is 12.4 Å². The average molecular weight is 430 g/mol. The summed E-state index contributed by atoms with van der Waals surface area (Å²) in [6, 6.07) is 6.92. The quantitative estimate of drug-likeness (QED) is 0.798. The number of hydrogen-bond donors (Lipinski definition) is 1. The van der Waals surface area contributed by atoms with E-state index in [1.54, 1.807) is 28.6 Å². The van der Waals surface area contributed by atoms with E-state index in [1.807, 2.05) is 11.9 Å². The maximum Gasteiger partial charge on any atom is 0.253 e. The van der Waals surface area contributed by atoms with E-state index in [0.717, 1.165) is 32.4 Å². The lowest BCUT2D eigenvalue weighted by Gasteiger charge is -2.34. The summed E-state index contributed by atoms with van der Waals surface area (Å²) in [5.41, 5.74) is 0.553. The van der Waals surface area contributed by atoms with Gasteiger partial charge in [0, 0.05) is 37.8 Å². The highest BCUT2D eigenvalue weighted by Crippen LogP contribution is 2.27.